The average Bonchev–Trinajstić information content (AvgIpc) is 2.70. The summed E-state index contributed by atoms with van der Waals surface area (Å²) in [5.41, 5.74) is 7.08. The molecule has 0 saturated heterocycles. The van der Waals surface area contributed by atoms with Gasteiger partial charge in [-0.2, -0.15) is 4.98 Å². The van der Waals surface area contributed by atoms with Crippen molar-refractivity contribution in [2.75, 3.05) is 0 Å². The smallest absolute Gasteiger partial charge is 0.227 e. The lowest BCUT2D eigenvalue weighted by molar-refractivity contribution is -0.146. The molecular weight excluding hydrogens is 250 g/mol. The van der Waals surface area contributed by atoms with Crippen LogP contribution in [0.3, 0.4) is 0 Å². The van der Waals surface area contributed by atoms with Gasteiger partial charge in [0.1, 0.15) is 0 Å². The van der Waals surface area contributed by atoms with Crippen molar-refractivity contribution in [1.29, 1.82) is 0 Å². The van der Waals surface area contributed by atoms with E-state index >= 15 is 0 Å². The summed E-state index contributed by atoms with van der Waals surface area (Å²) >= 11 is 0. The number of aromatic nitrogens is 2. The molecule has 0 radical (unpaired) electrons. The van der Waals surface area contributed by atoms with Crippen LogP contribution >= 0.6 is 0 Å². The highest BCUT2D eigenvalue weighted by atomic mass is 16.5. The SMILES string of the molecule is CC12CC3CC(C)(C1)CC(Cc1nc(CN)no1)(C3)C2. The fraction of sp³-hybridized carbons (Fsp3) is 0.875. The summed E-state index contributed by atoms with van der Waals surface area (Å²) in [5.74, 6) is 2.36. The maximum Gasteiger partial charge on any atom is 0.227 e. The van der Waals surface area contributed by atoms with Crippen molar-refractivity contribution >= 4 is 0 Å². The zero-order valence-corrected chi connectivity index (χ0v) is 12.6. The van der Waals surface area contributed by atoms with Gasteiger partial charge in [0.05, 0.1) is 6.54 Å². The van der Waals surface area contributed by atoms with Gasteiger partial charge in [0.2, 0.25) is 5.89 Å². The number of rotatable bonds is 3. The van der Waals surface area contributed by atoms with Gasteiger partial charge < -0.3 is 10.3 Å². The van der Waals surface area contributed by atoms with Gasteiger partial charge in [-0.1, -0.05) is 19.0 Å². The van der Waals surface area contributed by atoms with E-state index in [2.05, 4.69) is 24.0 Å². The second-order valence-electron chi connectivity index (χ2n) is 8.62. The Kier molecular flexibility index (Phi) is 2.46. The van der Waals surface area contributed by atoms with E-state index in [1.165, 1.54) is 38.5 Å². The van der Waals surface area contributed by atoms with E-state index in [0.717, 1.165) is 18.2 Å². The van der Waals surface area contributed by atoms with Gasteiger partial charge in [0.25, 0.3) is 0 Å². The predicted molar refractivity (Wildman–Crippen MR) is 75.7 cm³/mol. The summed E-state index contributed by atoms with van der Waals surface area (Å²) in [6, 6.07) is 0. The second kappa shape index (κ2) is 3.85. The van der Waals surface area contributed by atoms with Crippen molar-refractivity contribution in [3.05, 3.63) is 11.7 Å². The molecule has 110 valence electrons. The largest absolute Gasteiger partial charge is 0.339 e. The van der Waals surface area contributed by atoms with Crippen molar-refractivity contribution < 1.29 is 4.52 Å². The lowest BCUT2D eigenvalue weighted by Crippen LogP contribution is -2.55. The molecule has 0 spiro atoms. The standard InChI is InChI=1S/C16H25N3O/c1-14-3-11-4-15(2,8-14)10-16(5-11,9-14)6-13-18-12(7-17)19-20-13/h11H,3-10,17H2,1-2H3. The molecule has 4 aliphatic carbocycles. The first-order valence-electron chi connectivity index (χ1n) is 7.93. The highest BCUT2D eigenvalue weighted by molar-refractivity contribution is 5.12. The van der Waals surface area contributed by atoms with Gasteiger partial charge in [-0.25, -0.2) is 0 Å². The summed E-state index contributed by atoms with van der Waals surface area (Å²) in [4.78, 5) is 4.45. The van der Waals surface area contributed by atoms with Crippen molar-refractivity contribution in [2.45, 2.75) is 65.3 Å². The molecule has 20 heavy (non-hydrogen) atoms. The molecule has 4 aliphatic rings. The van der Waals surface area contributed by atoms with Crippen molar-refractivity contribution in [1.82, 2.24) is 10.1 Å². The Morgan fingerprint density at radius 2 is 1.85 bits per heavy atom. The van der Waals surface area contributed by atoms with Crippen LogP contribution in [0.2, 0.25) is 0 Å². The van der Waals surface area contributed by atoms with Crippen molar-refractivity contribution in [3.8, 4) is 0 Å². The maximum absolute atomic E-state index is 5.58. The third kappa shape index (κ3) is 1.92. The summed E-state index contributed by atoms with van der Waals surface area (Å²) in [7, 11) is 0. The maximum atomic E-state index is 5.58. The van der Waals surface area contributed by atoms with Gasteiger partial charge >= 0.3 is 0 Å². The van der Waals surface area contributed by atoms with E-state index in [4.69, 9.17) is 10.3 Å². The van der Waals surface area contributed by atoms with E-state index in [1.54, 1.807) is 0 Å². The molecule has 1 heterocycles. The van der Waals surface area contributed by atoms with Crippen LogP contribution in [0, 0.1) is 22.2 Å². The van der Waals surface area contributed by atoms with Crippen LogP contribution in [0.1, 0.15) is 64.1 Å². The van der Waals surface area contributed by atoms with E-state index < -0.39 is 0 Å². The molecule has 4 saturated carbocycles. The zero-order chi connectivity index (χ0) is 14.0. The Hall–Kier alpha value is -0.900. The quantitative estimate of drug-likeness (QED) is 0.920. The minimum absolute atomic E-state index is 0.370. The van der Waals surface area contributed by atoms with Crippen LogP contribution in [-0.4, -0.2) is 10.1 Å². The predicted octanol–water partition coefficient (Wildman–Crippen LogP) is 3.07. The molecule has 4 nitrogen and oxygen atoms in total. The molecule has 0 aromatic carbocycles. The van der Waals surface area contributed by atoms with E-state index in [9.17, 15) is 0 Å². The zero-order valence-electron chi connectivity index (χ0n) is 12.6. The first-order chi connectivity index (χ1) is 9.42. The molecule has 0 amide bonds. The monoisotopic (exact) mass is 275 g/mol. The van der Waals surface area contributed by atoms with Gasteiger partial charge in [0.15, 0.2) is 5.82 Å². The highest BCUT2D eigenvalue weighted by Crippen LogP contribution is 2.70. The van der Waals surface area contributed by atoms with Crippen LogP contribution in [0.25, 0.3) is 0 Å². The van der Waals surface area contributed by atoms with E-state index in [0.29, 0.717) is 28.6 Å². The molecule has 4 heteroatoms. The molecule has 0 aliphatic heterocycles. The third-order valence-electron chi connectivity index (χ3n) is 5.96. The van der Waals surface area contributed by atoms with E-state index in [-0.39, 0.29) is 0 Å². The second-order valence-corrected chi connectivity index (χ2v) is 8.62. The lowest BCUT2D eigenvalue weighted by atomic mass is 9.40. The van der Waals surface area contributed by atoms with Gasteiger partial charge in [-0.3, -0.25) is 0 Å². The molecule has 4 bridgehead atoms. The Labute approximate surface area is 120 Å². The molecule has 4 fully saturated rings. The average molecular weight is 275 g/mol. The molecule has 2 unspecified atom stereocenters. The number of nitrogens with zero attached hydrogens (tertiary/aromatic N) is 2. The van der Waals surface area contributed by atoms with Crippen LogP contribution in [-0.2, 0) is 13.0 Å². The number of nitrogens with two attached hydrogens (primary N) is 1. The summed E-state index contributed by atoms with van der Waals surface area (Å²) in [5, 5.41) is 3.96. The van der Waals surface area contributed by atoms with Crippen LogP contribution < -0.4 is 5.73 Å². The lowest BCUT2D eigenvalue weighted by Gasteiger charge is -2.65. The number of hydrogen-bond donors (Lipinski definition) is 1. The van der Waals surface area contributed by atoms with Crippen LogP contribution in [0.4, 0.5) is 0 Å². The summed E-state index contributed by atoms with van der Waals surface area (Å²) in [6.07, 6.45) is 9.28. The molecule has 2 N–H and O–H groups in total. The highest BCUT2D eigenvalue weighted by Gasteiger charge is 2.60. The first kappa shape index (κ1) is 12.8. The summed E-state index contributed by atoms with van der Waals surface area (Å²) < 4.78 is 5.42. The molecule has 2 atom stereocenters. The normalized spacial score (nSPS) is 46.0. The van der Waals surface area contributed by atoms with Gasteiger partial charge in [-0.05, 0) is 60.7 Å². The van der Waals surface area contributed by atoms with Crippen LogP contribution in [0.15, 0.2) is 4.52 Å². The van der Waals surface area contributed by atoms with Gasteiger partial charge in [-0.15, -0.1) is 0 Å². The fourth-order valence-corrected chi connectivity index (χ4v) is 6.65. The van der Waals surface area contributed by atoms with E-state index in [1.807, 2.05) is 0 Å². The Morgan fingerprint density at radius 1 is 1.15 bits per heavy atom. The van der Waals surface area contributed by atoms with Crippen LogP contribution in [0.5, 0.6) is 0 Å². The Balaban J connectivity index is 1.63. The molecule has 1 aromatic heterocycles. The fourth-order valence-electron chi connectivity index (χ4n) is 6.65. The van der Waals surface area contributed by atoms with Crippen molar-refractivity contribution in [2.24, 2.45) is 27.9 Å². The minimum Gasteiger partial charge on any atom is -0.339 e. The first-order valence-corrected chi connectivity index (χ1v) is 7.93. The molecular formula is C16H25N3O. The Morgan fingerprint density at radius 3 is 2.40 bits per heavy atom. The number of hydrogen-bond acceptors (Lipinski definition) is 4. The third-order valence-corrected chi connectivity index (χ3v) is 5.96. The summed E-state index contributed by atoms with van der Waals surface area (Å²) in [6.45, 7) is 5.38. The topological polar surface area (TPSA) is 64.9 Å². The van der Waals surface area contributed by atoms with Crippen molar-refractivity contribution in [3.63, 3.8) is 0 Å². The van der Waals surface area contributed by atoms with Gasteiger partial charge in [0, 0.05) is 6.42 Å². The molecule has 1 aromatic rings. The Bertz CT molecular complexity index is 520. The molecule has 5 rings (SSSR count). The minimum atomic E-state index is 0.370.